The molecule has 0 saturated carbocycles. The van der Waals surface area contributed by atoms with E-state index in [1.54, 1.807) is 0 Å². The molecular formula is C13H17FN4O3. The Morgan fingerprint density at radius 1 is 1.52 bits per heavy atom. The third kappa shape index (κ3) is 3.17. The van der Waals surface area contributed by atoms with Crippen LogP contribution in [0.3, 0.4) is 0 Å². The molecule has 21 heavy (non-hydrogen) atoms. The lowest BCUT2D eigenvalue weighted by molar-refractivity contribution is -0.385. The molecule has 1 aliphatic rings. The lowest BCUT2D eigenvalue weighted by Gasteiger charge is -2.39. The quantitative estimate of drug-likeness (QED) is 0.645. The summed E-state index contributed by atoms with van der Waals surface area (Å²) in [4.78, 5) is 26.4. The predicted molar refractivity (Wildman–Crippen MR) is 74.4 cm³/mol. The van der Waals surface area contributed by atoms with Gasteiger partial charge in [0.1, 0.15) is 11.4 Å². The van der Waals surface area contributed by atoms with Gasteiger partial charge in [-0.05, 0) is 19.2 Å². The van der Waals surface area contributed by atoms with Gasteiger partial charge in [-0.25, -0.2) is 4.39 Å². The number of benzene rings is 1. The van der Waals surface area contributed by atoms with E-state index in [2.05, 4.69) is 0 Å². The van der Waals surface area contributed by atoms with E-state index in [9.17, 15) is 19.3 Å². The number of carbonyl (C=O) groups is 1. The van der Waals surface area contributed by atoms with Crippen molar-refractivity contribution >= 4 is 11.6 Å². The summed E-state index contributed by atoms with van der Waals surface area (Å²) in [7, 11) is 1.91. The Labute approximate surface area is 121 Å². The van der Waals surface area contributed by atoms with E-state index in [-0.39, 0.29) is 18.2 Å². The molecule has 1 amide bonds. The van der Waals surface area contributed by atoms with Crippen molar-refractivity contribution in [3.05, 3.63) is 39.7 Å². The molecule has 1 atom stereocenters. The normalized spacial score (nSPS) is 19.6. The lowest BCUT2D eigenvalue weighted by atomic mass is 10.1. The highest BCUT2D eigenvalue weighted by atomic mass is 19.1. The van der Waals surface area contributed by atoms with E-state index in [0.29, 0.717) is 19.6 Å². The Hall–Kier alpha value is -2.06. The number of nitro groups is 1. The smallest absolute Gasteiger partial charge is 0.282 e. The monoisotopic (exact) mass is 296 g/mol. The maximum absolute atomic E-state index is 13.4. The van der Waals surface area contributed by atoms with Gasteiger partial charge in [0.05, 0.1) is 11.0 Å². The van der Waals surface area contributed by atoms with Crippen LogP contribution in [-0.2, 0) is 0 Å². The van der Waals surface area contributed by atoms with Crippen molar-refractivity contribution in [1.82, 2.24) is 9.80 Å². The maximum Gasteiger partial charge on any atom is 0.282 e. The van der Waals surface area contributed by atoms with Crippen molar-refractivity contribution in [3.63, 3.8) is 0 Å². The van der Waals surface area contributed by atoms with Crippen molar-refractivity contribution in [2.24, 2.45) is 5.73 Å². The lowest BCUT2D eigenvalue weighted by Crippen LogP contribution is -2.56. The summed E-state index contributed by atoms with van der Waals surface area (Å²) in [5.41, 5.74) is 5.05. The summed E-state index contributed by atoms with van der Waals surface area (Å²) in [6.45, 7) is 1.89. The van der Waals surface area contributed by atoms with Gasteiger partial charge >= 0.3 is 0 Å². The fourth-order valence-electron chi connectivity index (χ4n) is 2.47. The molecule has 0 aliphatic carbocycles. The minimum Gasteiger partial charge on any atom is -0.332 e. The van der Waals surface area contributed by atoms with Crippen LogP contribution in [0, 0.1) is 15.9 Å². The highest BCUT2D eigenvalue weighted by Gasteiger charge is 2.32. The first kappa shape index (κ1) is 15.3. The maximum atomic E-state index is 13.4. The third-order valence-electron chi connectivity index (χ3n) is 3.60. The van der Waals surface area contributed by atoms with Gasteiger partial charge in [0, 0.05) is 32.2 Å². The molecule has 0 bridgehead atoms. The average Bonchev–Trinajstić information content (AvgIpc) is 2.45. The predicted octanol–water partition coefficient (Wildman–Crippen LogP) is 0.449. The van der Waals surface area contributed by atoms with Gasteiger partial charge in [-0.1, -0.05) is 0 Å². The number of hydrogen-bond donors (Lipinski definition) is 1. The second-order valence-corrected chi connectivity index (χ2v) is 5.07. The van der Waals surface area contributed by atoms with Gasteiger partial charge in [0.25, 0.3) is 11.6 Å². The van der Waals surface area contributed by atoms with E-state index < -0.39 is 22.3 Å². The van der Waals surface area contributed by atoms with Crippen LogP contribution in [0.15, 0.2) is 18.2 Å². The van der Waals surface area contributed by atoms with Crippen LogP contribution in [-0.4, -0.2) is 59.9 Å². The number of nitrogens with two attached hydrogens (primary N) is 1. The summed E-state index contributed by atoms with van der Waals surface area (Å²) in [6, 6.07) is 2.65. The minimum absolute atomic E-state index is 0.233. The molecule has 7 nitrogen and oxygen atoms in total. The number of hydrogen-bond acceptors (Lipinski definition) is 5. The van der Waals surface area contributed by atoms with Gasteiger partial charge < -0.3 is 15.5 Å². The van der Waals surface area contributed by atoms with Crippen LogP contribution in [0.1, 0.15) is 10.4 Å². The molecule has 2 rings (SSSR count). The van der Waals surface area contributed by atoms with E-state index >= 15 is 0 Å². The molecule has 0 aromatic heterocycles. The molecule has 0 spiro atoms. The summed E-state index contributed by atoms with van der Waals surface area (Å²) in [5.74, 6) is -1.23. The van der Waals surface area contributed by atoms with Gasteiger partial charge in [-0.2, -0.15) is 0 Å². The number of carbonyl (C=O) groups excluding carboxylic acids is 1. The second kappa shape index (κ2) is 6.15. The third-order valence-corrected chi connectivity index (χ3v) is 3.60. The highest BCUT2D eigenvalue weighted by molar-refractivity contribution is 5.98. The largest absolute Gasteiger partial charge is 0.332 e. The van der Waals surface area contributed by atoms with E-state index in [4.69, 9.17) is 5.73 Å². The number of nitrogens with zero attached hydrogens (tertiary/aromatic N) is 3. The van der Waals surface area contributed by atoms with Crippen molar-refractivity contribution in [2.75, 3.05) is 33.2 Å². The molecule has 8 heteroatoms. The molecule has 114 valence electrons. The number of likely N-dealkylation sites (N-methyl/N-ethyl adjacent to an activating group) is 1. The number of piperazine rings is 1. The van der Waals surface area contributed by atoms with E-state index in [0.717, 1.165) is 18.2 Å². The van der Waals surface area contributed by atoms with Crippen molar-refractivity contribution in [2.45, 2.75) is 6.04 Å². The SMILES string of the molecule is CN1CCN(C(=O)c2cc(F)ccc2[N+](=O)[O-])C(CN)C1. The Kier molecular flexibility index (Phi) is 4.49. The molecule has 1 aromatic rings. The summed E-state index contributed by atoms with van der Waals surface area (Å²) >= 11 is 0. The van der Waals surface area contributed by atoms with Crippen LogP contribution in [0.5, 0.6) is 0 Å². The second-order valence-electron chi connectivity index (χ2n) is 5.07. The minimum atomic E-state index is -0.680. The zero-order valence-electron chi connectivity index (χ0n) is 11.7. The topological polar surface area (TPSA) is 92.7 Å². The van der Waals surface area contributed by atoms with E-state index in [1.165, 1.54) is 4.90 Å². The van der Waals surface area contributed by atoms with Crippen LogP contribution in [0.4, 0.5) is 10.1 Å². The van der Waals surface area contributed by atoms with E-state index in [1.807, 2.05) is 11.9 Å². The number of amides is 1. The van der Waals surface area contributed by atoms with Crippen molar-refractivity contribution < 1.29 is 14.1 Å². The number of rotatable bonds is 3. The summed E-state index contributed by atoms with van der Waals surface area (Å²) in [6.07, 6.45) is 0. The first-order valence-corrected chi connectivity index (χ1v) is 6.57. The van der Waals surface area contributed by atoms with Crippen molar-refractivity contribution in [1.29, 1.82) is 0 Å². The first-order valence-electron chi connectivity index (χ1n) is 6.57. The van der Waals surface area contributed by atoms with Gasteiger partial charge in [0.2, 0.25) is 0 Å². The van der Waals surface area contributed by atoms with Crippen LogP contribution in [0.2, 0.25) is 0 Å². The molecule has 0 radical (unpaired) electrons. The van der Waals surface area contributed by atoms with Crippen LogP contribution in [0.25, 0.3) is 0 Å². The van der Waals surface area contributed by atoms with Gasteiger partial charge in [-0.3, -0.25) is 14.9 Å². The Balaban J connectivity index is 2.35. The molecule has 1 fully saturated rings. The average molecular weight is 296 g/mol. The molecule has 1 aromatic carbocycles. The standard InChI is InChI=1S/C13H17FN4O3/c1-16-4-5-17(10(7-15)8-16)13(19)11-6-9(14)2-3-12(11)18(20)21/h2-3,6,10H,4-5,7-8,15H2,1H3. The number of halogens is 1. The molecule has 2 N–H and O–H groups in total. The fraction of sp³-hybridized carbons (Fsp3) is 0.462. The Morgan fingerprint density at radius 2 is 2.24 bits per heavy atom. The molecule has 1 unspecified atom stereocenters. The highest BCUT2D eigenvalue weighted by Crippen LogP contribution is 2.23. The van der Waals surface area contributed by atoms with Crippen LogP contribution >= 0.6 is 0 Å². The van der Waals surface area contributed by atoms with Gasteiger partial charge in [-0.15, -0.1) is 0 Å². The molecule has 1 aliphatic heterocycles. The summed E-state index contributed by atoms with van der Waals surface area (Å²) < 4.78 is 13.4. The molecule has 1 saturated heterocycles. The van der Waals surface area contributed by atoms with Crippen LogP contribution < -0.4 is 5.73 Å². The summed E-state index contributed by atoms with van der Waals surface area (Å²) in [5, 5.41) is 11.0. The zero-order chi connectivity index (χ0) is 15.6. The Bertz CT molecular complexity index is 566. The zero-order valence-corrected chi connectivity index (χ0v) is 11.7. The fourth-order valence-corrected chi connectivity index (χ4v) is 2.47. The number of nitro benzene ring substituents is 1. The van der Waals surface area contributed by atoms with Crippen molar-refractivity contribution in [3.8, 4) is 0 Å². The van der Waals surface area contributed by atoms with Gasteiger partial charge in [0.15, 0.2) is 0 Å². The Morgan fingerprint density at radius 3 is 2.86 bits per heavy atom. The molecular weight excluding hydrogens is 279 g/mol. The molecule has 1 heterocycles. The first-order chi connectivity index (χ1) is 9.93.